The van der Waals surface area contributed by atoms with E-state index in [2.05, 4.69) is 44.8 Å². The zero-order valence-corrected chi connectivity index (χ0v) is 18.2. The predicted molar refractivity (Wildman–Crippen MR) is 119 cm³/mol. The molecule has 1 aromatic carbocycles. The van der Waals surface area contributed by atoms with Crippen molar-refractivity contribution >= 4 is 34.3 Å². The summed E-state index contributed by atoms with van der Waals surface area (Å²) in [5.74, 6) is -0.296. The molecule has 31 heavy (non-hydrogen) atoms. The van der Waals surface area contributed by atoms with Gasteiger partial charge in [0.1, 0.15) is 0 Å². The van der Waals surface area contributed by atoms with Gasteiger partial charge in [-0.2, -0.15) is 10.1 Å². The minimum atomic E-state index is -0.729. The molecule has 166 valence electrons. The van der Waals surface area contributed by atoms with Crippen LogP contribution < -0.4 is 22.1 Å². The van der Waals surface area contributed by atoms with Gasteiger partial charge in [0.25, 0.3) is 5.91 Å². The minimum absolute atomic E-state index is 0.0557. The van der Waals surface area contributed by atoms with Gasteiger partial charge in [-0.3, -0.25) is 9.48 Å². The molecule has 3 rings (SSSR count). The molecule has 0 aliphatic rings. The van der Waals surface area contributed by atoms with Gasteiger partial charge in [0.15, 0.2) is 11.5 Å². The van der Waals surface area contributed by atoms with Crippen LogP contribution >= 0.6 is 0 Å². The lowest BCUT2D eigenvalue weighted by molar-refractivity contribution is 0.0995. The number of carbonyl (C=O) groups excluding carboxylic acids is 1. The van der Waals surface area contributed by atoms with E-state index in [1.54, 1.807) is 0 Å². The number of ether oxygens (including phenoxy) is 1. The molecule has 0 spiro atoms. The number of aromatic nitrogens is 5. The van der Waals surface area contributed by atoms with Crippen molar-refractivity contribution in [1.82, 2.24) is 25.0 Å². The van der Waals surface area contributed by atoms with E-state index in [-0.39, 0.29) is 29.5 Å². The topological polar surface area (TPSA) is 159 Å². The Kier molecular flexibility index (Phi) is 6.98. The van der Waals surface area contributed by atoms with E-state index in [0.717, 1.165) is 22.2 Å². The van der Waals surface area contributed by atoms with E-state index in [4.69, 9.17) is 16.2 Å². The van der Waals surface area contributed by atoms with Gasteiger partial charge in [0, 0.05) is 36.3 Å². The summed E-state index contributed by atoms with van der Waals surface area (Å²) in [6.07, 6.45) is 1.81. The lowest BCUT2D eigenvalue weighted by Crippen LogP contribution is -2.34. The first kappa shape index (κ1) is 22.4. The van der Waals surface area contributed by atoms with E-state index in [1.807, 2.05) is 36.9 Å². The molecule has 0 radical (unpaired) electrons. The number of hydrogen-bond acceptors (Lipinski definition) is 9. The lowest BCUT2D eigenvalue weighted by atomic mass is 10.1. The Bertz CT molecular complexity index is 1060. The van der Waals surface area contributed by atoms with Gasteiger partial charge in [-0.1, -0.05) is 0 Å². The first-order chi connectivity index (χ1) is 14.8. The maximum absolute atomic E-state index is 11.8. The smallest absolute Gasteiger partial charge is 0.273 e. The average molecular weight is 428 g/mol. The van der Waals surface area contributed by atoms with E-state index in [9.17, 15) is 4.79 Å². The number of carbonyl (C=O) groups is 1. The van der Waals surface area contributed by atoms with Crippen molar-refractivity contribution in [2.45, 2.75) is 39.8 Å². The Morgan fingerprint density at radius 1 is 1.29 bits per heavy atom. The second-order valence-corrected chi connectivity index (χ2v) is 7.54. The van der Waals surface area contributed by atoms with Crippen LogP contribution in [0, 0.1) is 6.92 Å². The molecule has 1 amide bonds. The zero-order valence-electron chi connectivity index (χ0n) is 18.2. The molecular formula is C20H29N9O2. The summed E-state index contributed by atoms with van der Waals surface area (Å²) in [6.45, 7) is 9.46. The number of benzene rings is 1. The van der Waals surface area contributed by atoms with Gasteiger partial charge in [0.2, 0.25) is 5.95 Å². The molecule has 3 aromatic rings. The van der Waals surface area contributed by atoms with Crippen molar-refractivity contribution in [3.05, 3.63) is 29.6 Å². The molecule has 6 N–H and O–H groups in total. The fourth-order valence-electron chi connectivity index (χ4n) is 3.21. The number of aryl methyl sites for hydroxylation is 1. The Labute approximate surface area is 180 Å². The first-order valence-corrected chi connectivity index (χ1v) is 10.2. The maximum Gasteiger partial charge on any atom is 0.273 e. The SMILES string of the molecule is CCOC[C@H](N)CNc1nnc(C(N)=O)c(Nc2cc(C)c3c(cnn3C(C)C)c2)n1. The third-order valence-electron chi connectivity index (χ3n) is 4.61. The van der Waals surface area contributed by atoms with Crippen molar-refractivity contribution in [2.24, 2.45) is 11.5 Å². The van der Waals surface area contributed by atoms with Crippen LogP contribution in [-0.2, 0) is 4.74 Å². The summed E-state index contributed by atoms with van der Waals surface area (Å²) in [5.41, 5.74) is 14.2. The van der Waals surface area contributed by atoms with E-state index >= 15 is 0 Å². The minimum Gasteiger partial charge on any atom is -0.380 e. The van der Waals surface area contributed by atoms with Crippen LogP contribution in [0.3, 0.4) is 0 Å². The standard InChI is InChI=1S/C20H29N9O2/c1-5-31-10-14(21)9-23-20-26-19(16(18(22)30)27-28-20)25-15-6-12(4)17-13(7-15)8-24-29(17)11(2)3/h6-8,11,14H,5,9-10,21H2,1-4H3,(H2,22,30)(H2,23,25,26,28)/t14-/m1/s1. The Morgan fingerprint density at radius 2 is 2.06 bits per heavy atom. The van der Waals surface area contributed by atoms with Crippen molar-refractivity contribution in [2.75, 3.05) is 30.4 Å². The molecule has 0 aliphatic carbocycles. The molecule has 0 bridgehead atoms. The number of amides is 1. The molecule has 0 saturated heterocycles. The number of anilines is 3. The largest absolute Gasteiger partial charge is 0.380 e. The highest BCUT2D eigenvalue weighted by Gasteiger charge is 2.17. The summed E-state index contributed by atoms with van der Waals surface area (Å²) < 4.78 is 7.27. The zero-order chi connectivity index (χ0) is 22.5. The number of hydrogen-bond donors (Lipinski definition) is 4. The highest BCUT2D eigenvalue weighted by molar-refractivity contribution is 5.96. The molecular weight excluding hydrogens is 398 g/mol. The fourth-order valence-corrected chi connectivity index (χ4v) is 3.21. The highest BCUT2D eigenvalue weighted by Crippen LogP contribution is 2.27. The molecule has 0 aliphatic heterocycles. The second kappa shape index (κ2) is 9.67. The summed E-state index contributed by atoms with van der Waals surface area (Å²) >= 11 is 0. The van der Waals surface area contributed by atoms with Crippen molar-refractivity contribution in [1.29, 1.82) is 0 Å². The van der Waals surface area contributed by atoms with E-state index in [0.29, 0.717) is 19.8 Å². The number of rotatable bonds is 10. The van der Waals surface area contributed by atoms with Crippen LogP contribution in [0.25, 0.3) is 10.9 Å². The van der Waals surface area contributed by atoms with Crippen molar-refractivity contribution in [3.8, 4) is 0 Å². The second-order valence-electron chi connectivity index (χ2n) is 7.54. The number of nitrogens with one attached hydrogen (secondary N) is 2. The summed E-state index contributed by atoms with van der Waals surface area (Å²) in [4.78, 5) is 16.2. The van der Waals surface area contributed by atoms with Crippen LogP contribution in [0.4, 0.5) is 17.5 Å². The van der Waals surface area contributed by atoms with Gasteiger partial charge in [-0.15, -0.1) is 10.2 Å². The number of nitrogens with two attached hydrogens (primary N) is 2. The molecule has 2 heterocycles. The first-order valence-electron chi connectivity index (χ1n) is 10.2. The average Bonchev–Trinajstić information content (AvgIpc) is 3.15. The van der Waals surface area contributed by atoms with Crippen LogP contribution in [0.1, 0.15) is 42.9 Å². The van der Waals surface area contributed by atoms with Crippen LogP contribution in [0.5, 0.6) is 0 Å². The molecule has 0 saturated carbocycles. The number of primary amides is 1. The van der Waals surface area contributed by atoms with E-state index < -0.39 is 5.91 Å². The third-order valence-corrected chi connectivity index (χ3v) is 4.61. The van der Waals surface area contributed by atoms with Crippen molar-refractivity contribution < 1.29 is 9.53 Å². The molecule has 1 atom stereocenters. The summed E-state index contributed by atoms with van der Waals surface area (Å²) in [6, 6.07) is 3.90. The molecule has 0 unspecified atom stereocenters. The predicted octanol–water partition coefficient (Wildman–Crippen LogP) is 1.73. The number of fused-ring (bicyclic) bond motifs is 1. The van der Waals surface area contributed by atoms with Gasteiger partial charge < -0.3 is 26.8 Å². The Balaban J connectivity index is 1.86. The fraction of sp³-hybridized carbons (Fsp3) is 0.450. The quantitative estimate of drug-likeness (QED) is 0.378. The van der Waals surface area contributed by atoms with Gasteiger partial charge in [-0.25, -0.2) is 0 Å². The molecule has 2 aromatic heterocycles. The lowest BCUT2D eigenvalue weighted by Gasteiger charge is -2.14. The van der Waals surface area contributed by atoms with Crippen LogP contribution in [-0.4, -0.2) is 56.7 Å². The van der Waals surface area contributed by atoms with Gasteiger partial charge >= 0.3 is 0 Å². The normalized spacial score (nSPS) is 12.3. The molecule has 11 heteroatoms. The molecule has 0 fully saturated rings. The molecule has 11 nitrogen and oxygen atoms in total. The van der Waals surface area contributed by atoms with E-state index in [1.165, 1.54) is 0 Å². The van der Waals surface area contributed by atoms with Crippen LogP contribution in [0.15, 0.2) is 18.3 Å². The third kappa shape index (κ3) is 5.25. The van der Waals surface area contributed by atoms with Gasteiger partial charge in [0.05, 0.1) is 18.3 Å². The summed E-state index contributed by atoms with van der Waals surface area (Å²) in [5, 5.41) is 19.4. The maximum atomic E-state index is 11.8. The van der Waals surface area contributed by atoms with Crippen molar-refractivity contribution in [3.63, 3.8) is 0 Å². The van der Waals surface area contributed by atoms with Gasteiger partial charge in [-0.05, 0) is 45.4 Å². The number of nitrogens with zero attached hydrogens (tertiary/aromatic N) is 5. The Hall–Kier alpha value is -3.31. The Morgan fingerprint density at radius 3 is 2.74 bits per heavy atom. The summed E-state index contributed by atoms with van der Waals surface area (Å²) in [7, 11) is 0. The highest BCUT2D eigenvalue weighted by atomic mass is 16.5. The monoisotopic (exact) mass is 427 g/mol. The van der Waals surface area contributed by atoms with Crippen LogP contribution in [0.2, 0.25) is 0 Å².